The monoisotopic (exact) mass is 202 g/mol. The van der Waals surface area contributed by atoms with E-state index in [0.29, 0.717) is 0 Å². The Kier molecular flexibility index (Phi) is 2.72. The van der Waals surface area contributed by atoms with Crippen molar-refractivity contribution in [3.05, 3.63) is 43.0 Å². The number of nitrogens with zero attached hydrogens (tertiary/aromatic N) is 2. The average Bonchev–Trinajstić information content (AvgIpc) is 2.71. The SMILES string of the molecule is CC(C)Oc1ccc(-n2ccnc2)cc1. The van der Waals surface area contributed by atoms with Gasteiger partial charge in [0, 0.05) is 18.1 Å². The minimum absolute atomic E-state index is 0.212. The van der Waals surface area contributed by atoms with Crippen LogP contribution < -0.4 is 4.74 Å². The van der Waals surface area contributed by atoms with Crippen molar-refractivity contribution in [1.82, 2.24) is 9.55 Å². The second-order valence-corrected chi connectivity index (χ2v) is 3.63. The van der Waals surface area contributed by atoms with Crippen molar-refractivity contribution < 1.29 is 4.74 Å². The largest absolute Gasteiger partial charge is 0.491 e. The maximum atomic E-state index is 5.56. The first-order chi connectivity index (χ1) is 7.25. The van der Waals surface area contributed by atoms with Gasteiger partial charge in [-0.05, 0) is 38.1 Å². The number of ether oxygens (including phenoxy) is 1. The van der Waals surface area contributed by atoms with Gasteiger partial charge >= 0.3 is 0 Å². The maximum absolute atomic E-state index is 5.56. The molecule has 1 aromatic heterocycles. The van der Waals surface area contributed by atoms with E-state index in [1.54, 1.807) is 12.5 Å². The van der Waals surface area contributed by atoms with Gasteiger partial charge in [0.15, 0.2) is 0 Å². The van der Waals surface area contributed by atoms with E-state index in [-0.39, 0.29) is 6.10 Å². The van der Waals surface area contributed by atoms with Crippen LogP contribution in [-0.4, -0.2) is 15.7 Å². The average molecular weight is 202 g/mol. The van der Waals surface area contributed by atoms with Crippen LogP contribution in [0.15, 0.2) is 43.0 Å². The fourth-order valence-corrected chi connectivity index (χ4v) is 1.38. The lowest BCUT2D eigenvalue weighted by Gasteiger charge is -2.10. The zero-order valence-corrected chi connectivity index (χ0v) is 8.92. The molecule has 2 aromatic rings. The predicted molar refractivity (Wildman–Crippen MR) is 59.3 cm³/mol. The summed E-state index contributed by atoms with van der Waals surface area (Å²) in [5.41, 5.74) is 1.09. The molecule has 0 spiro atoms. The lowest BCUT2D eigenvalue weighted by Crippen LogP contribution is -2.05. The molecule has 0 saturated heterocycles. The first-order valence-electron chi connectivity index (χ1n) is 5.01. The van der Waals surface area contributed by atoms with Crippen LogP contribution >= 0.6 is 0 Å². The minimum Gasteiger partial charge on any atom is -0.491 e. The summed E-state index contributed by atoms with van der Waals surface area (Å²) in [6.07, 6.45) is 5.67. The minimum atomic E-state index is 0.212. The van der Waals surface area contributed by atoms with E-state index < -0.39 is 0 Å². The van der Waals surface area contributed by atoms with Gasteiger partial charge in [-0.25, -0.2) is 4.98 Å². The quantitative estimate of drug-likeness (QED) is 0.765. The van der Waals surface area contributed by atoms with E-state index in [1.165, 1.54) is 0 Å². The molecule has 3 nitrogen and oxygen atoms in total. The molecule has 3 heteroatoms. The number of hydrogen-bond donors (Lipinski definition) is 0. The molecule has 0 aliphatic rings. The van der Waals surface area contributed by atoms with Gasteiger partial charge in [-0.1, -0.05) is 0 Å². The van der Waals surface area contributed by atoms with Crippen molar-refractivity contribution in [3.63, 3.8) is 0 Å². The lowest BCUT2D eigenvalue weighted by molar-refractivity contribution is 0.242. The van der Waals surface area contributed by atoms with Gasteiger partial charge in [-0.2, -0.15) is 0 Å². The Morgan fingerprint density at radius 1 is 1.20 bits per heavy atom. The normalized spacial score (nSPS) is 10.6. The summed E-state index contributed by atoms with van der Waals surface area (Å²) in [7, 11) is 0. The lowest BCUT2D eigenvalue weighted by atomic mass is 10.3. The highest BCUT2D eigenvalue weighted by Crippen LogP contribution is 2.16. The third kappa shape index (κ3) is 2.37. The van der Waals surface area contributed by atoms with Crippen LogP contribution in [0.25, 0.3) is 5.69 Å². The first kappa shape index (κ1) is 9.77. The van der Waals surface area contributed by atoms with Crippen molar-refractivity contribution in [2.75, 3.05) is 0 Å². The van der Waals surface area contributed by atoms with Crippen LogP contribution in [0.5, 0.6) is 5.75 Å². The summed E-state index contributed by atoms with van der Waals surface area (Å²) in [4.78, 5) is 4.00. The van der Waals surface area contributed by atoms with Gasteiger partial charge in [-0.15, -0.1) is 0 Å². The number of hydrogen-bond acceptors (Lipinski definition) is 2. The molecule has 0 N–H and O–H groups in total. The second kappa shape index (κ2) is 4.17. The predicted octanol–water partition coefficient (Wildman–Crippen LogP) is 2.66. The van der Waals surface area contributed by atoms with E-state index in [9.17, 15) is 0 Å². The molecule has 1 heterocycles. The Bertz CT molecular complexity index is 404. The molecule has 1 aromatic carbocycles. The van der Waals surface area contributed by atoms with E-state index in [0.717, 1.165) is 11.4 Å². The molecular formula is C12H14N2O. The summed E-state index contributed by atoms with van der Waals surface area (Å²) in [6, 6.07) is 7.96. The van der Waals surface area contributed by atoms with Gasteiger partial charge in [0.05, 0.1) is 12.4 Å². The Hall–Kier alpha value is -1.77. The number of benzene rings is 1. The molecule has 0 amide bonds. The second-order valence-electron chi connectivity index (χ2n) is 3.63. The standard InChI is InChI=1S/C12H14N2O/c1-10(2)15-12-5-3-11(4-6-12)14-8-7-13-9-14/h3-10H,1-2H3. The summed E-state index contributed by atoms with van der Waals surface area (Å²) in [5, 5.41) is 0. The molecular weight excluding hydrogens is 188 g/mol. The summed E-state index contributed by atoms with van der Waals surface area (Å²) in [5.74, 6) is 0.897. The Morgan fingerprint density at radius 3 is 2.47 bits per heavy atom. The molecule has 0 atom stereocenters. The van der Waals surface area contributed by atoms with E-state index in [2.05, 4.69) is 4.98 Å². The highest BCUT2D eigenvalue weighted by atomic mass is 16.5. The highest BCUT2D eigenvalue weighted by molar-refractivity contribution is 5.37. The van der Waals surface area contributed by atoms with E-state index in [1.807, 2.05) is 48.9 Å². The molecule has 0 unspecified atom stereocenters. The number of imidazole rings is 1. The molecule has 0 fully saturated rings. The van der Waals surface area contributed by atoms with E-state index >= 15 is 0 Å². The Balaban J connectivity index is 2.17. The van der Waals surface area contributed by atoms with Crippen LogP contribution in [0.4, 0.5) is 0 Å². The van der Waals surface area contributed by atoms with Crippen molar-refractivity contribution >= 4 is 0 Å². The van der Waals surface area contributed by atoms with Gasteiger partial charge in [-0.3, -0.25) is 0 Å². The van der Waals surface area contributed by atoms with Crippen LogP contribution in [0.1, 0.15) is 13.8 Å². The fraction of sp³-hybridized carbons (Fsp3) is 0.250. The molecule has 78 valence electrons. The van der Waals surface area contributed by atoms with Gasteiger partial charge < -0.3 is 9.30 Å². The van der Waals surface area contributed by atoms with E-state index in [4.69, 9.17) is 4.74 Å². The van der Waals surface area contributed by atoms with Crippen LogP contribution in [0.3, 0.4) is 0 Å². The molecule has 0 saturated carbocycles. The topological polar surface area (TPSA) is 27.1 Å². The summed E-state index contributed by atoms with van der Waals surface area (Å²) >= 11 is 0. The smallest absolute Gasteiger partial charge is 0.119 e. The molecule has 0 bridgehead atoms. The number of aromatic nitrogens is 2. The third-order valence-electron chi connectivity index (χ3n) is 2.01. The van der Waals surface area contributed by atoms with Crippen LogP contribution in [0.2, 0.25) is 0 Å². The highest BCUT2D eigenvalue weighted by Gasteiger charge is 1.98. The zero-order chi connectivity index (χ0) is 10.7. The number of rotatable bonds is 3. The molecule has 0 aliphatic carbocycles. The summed E-state index contributed by atoms with van der Waals surface area (Å²) in [6.45, 7) is 4.04. The van der Waals surface area contributed by atoms with Crippen molar-refractivity contribution in [1.29, 1.82) is 0 Å². The Morgan fingerprint density at radius 2 is 1.93 bits per heavy atom. The van der Waals surface area contributed by atoms with Crippen LogP contribution in [0, 0.1) is 0 Å². The van der Waals surface area contributed by atoms with Crippen molar-refractivity contribution in [2.45, 2.75) is 20.0 Å². The van der Waals surface area contributed by atoms with Gasteiger partial charge in [0.25, 0.3) is 0 Å². The zero-order valence-electron chi connectivity index (χ0n) is 8.92. The molecule has 15 heavy (non-hydrogen) atoms. The molecule has 2 rings (SSSR count). The van der Waals surface area contributed by atoms with Gasteiger partial charge in [0.2, 0.25) is 0 Å². The molecule has 0 radical (unpaired) electrons. The Labute approximate surface area is 89.3 Å². The van der Waals surface area contributed by atoms with Gasteiger partial charge in [0.1, 0.15) is 5.75 Å². The molecule has 0 aliphatic heterocycles. The third-order valence-corrected chi connectivity index (χ3v) is 2.01. The first-order valence-corrected chi connectivity index (χ1v) is 5.01. The summed E-state index contributed by atoms with van der Waals surface area (Å²) < 4.78 is 7.52. The fourth-order valence-electron chi connectivity index (χ4n) is 1.38. The maximum Gasteiger partial charge on any atom is 0.119 e. The van der Waals surface area contributed by atoms with Crippen molar-refractivity contribution in [2.24, 2.45) is 0 Å². The van der Waals surface area contributed by atoms with Crippen molar-refractivity contribution in [3.8, 4) is 11.4 Å². The van der Waals surface area contributed by atoms with Crippen LogP contribution in [-0.2, 0) is 0 Å².